The van der Waals surface area contributed by atoms with Crippen LogP contribution in [-0.2, 0) is 18.3 Å². The van der Waals surface area contributed by atoms with E-state index in [0.29, 0.717) is 6.42 Å². The number of aryl methyl sites for hydroxylation is 2. The zero-order valence-corrected chi connectivity index (χ0v) is 10.7. The monoisotopic (exact) mass is 261 g/mol. The summed E-state index contributed by atoms with van der Waals surface area (Å²) in [5.41, 5.74) is 2.23. The lowest BCUT2D eigenvalue weighted by Gasteiger charge is -2.00. The molecule has 0 spiro atoms. The van der Waals surface area contributed by atoms with Gasteiger partial charge in [0.2, 0.25) is 6.79 Å². The molecule has 1 aromatic heterocycles. The van der Waals surface area contributed by atoms with E-state index >= 15 is 0 Å². The largest absolute Gasteiger partial charge is 0.481 e. The van der Waals surface area contributed by atoms with Crippen LogP contribution >= 0.6 is 0 Å². The van der Waals surface area contributed by atoms with Gasteiger partial charge in [-0.1, -0.05) is 0 Å². The van der Waals surface area contributed by atoms with Crippen molar-refractivity contribution in [1.82, 2.24) is 4.57 Å². The van der Waals surface area contributed by atoms with Crippen LogP contribution in [0.15, 0.2) is 18.3 Å². The lowest BCUT2D eigenvalue weighted by atomic mass is 10.1. The van der Waals surface area contributed by atoms with Crippen molar-refractivity contribution >= 4 is 16.9 Å². The SMILES string of the molecule is Cn1cc(CCCC(=O)O)c2cc3c(cc21)OCO3. The number of carbonyl (C=O) groups is 1. The van der Waals surface area contributed by atoms with Gasteiger partial charge in [-0.15, -0.1) is 0 Å². The summed E-state index contributed by atoms with van der Waals surface area (Å²) < 4.78 is 12.8. The molecule has 1 aromatic carbocycles. The molecule has 19 heavy (non-hydrogen) atoms. The average Bonchev–Trinajstić information content (AvgIpc) is 2.92. The van der Waals surface area contributed by atoms with Crippen molar-refractivity contribution in [1.29, 1.82) is 0 Å². The zero-order valence-electron chi connectivity index (χ0n) is 10.7. The summed E-state index contributed by atoms with van der Waals surface area (Å²) in [6, 6.07) is 3.95. The van der Waals surface area contributed by atoms with Gasteiger partial charge in [-0.3, -0.25) is 4.79 Å². The smallest absolute Gasteiger partial charge is 0.303 e. The van der Waals surface area contributed by atoms with Crippen molar-refractivity contribution in [2.24, 2.45) is 7.05 Å². The van der Waals surface area contributed by atoms with E-state index < -0.39 is 5.97 Å². The number of hydrogen-bond donors (Lipinski definition) is 1. The van der Waals surface area contributed by atoms with E-state index in [9.17, 15) is 4.79 Å². The van der Waals surface area contributed by atoms with Gasteiger partial charge in [0.25, 0.3) is 0 Å². The van der Waals surface area contributed by atoms with Crippen LogP contribution in [0.3, 0.4) is 0 Å². The molecule has 100 valence electrons. The Morgan fingerprint density at radius 2 is 2.11 bits per heavy atom. The van der Waals surface area contributed by atoms with Crippen molar-refractivity contribution in [3.05, 3.63) is 23.9 Å². The molecule has 1 aliphatic rings. The van der Waals surface area contributed by atoms with Crippen molar-refractivity contribution in [3.8, 4) is 11.5 Å². The Balaban J connectivity index is 1.94. The number of ether oxygens (including phenoxy) is 2. The van der Waals surface area contributed by atoms with E-state index in [2.05, 4.69) is 0 Å². The average molecular weight is 261 g/mol. The fourth-order valence-corrected chi connectivity index (χ4v) is 2.48. The highest BCUT2D eigenvalue weighted by Crippen LogP contribution is 2.37. The van der Waals surface area contributed by atoms with E-state index in [-0.39, 0.29) is 13.2 Å². The predicted octanol–water partition coefficient (Wildman–Crippen LogP) is 2.31. The van der Waals surface area contributed by atoms with Gasteiger partial charge in [0.05, 0.1) is 5.52 Å². The number of carboxylic acids is 1. The first kappa shape index (κ1) is 11.9. The minimum Gasteiger partial charge on any atom is -0.481 e. The zero-order chi connectivity index (χ0) is 13.4. The first-order valence-corrected chi connectivity index (χ1v) is 6.24. The maximum Gasteiger partial charge on any atom is 0.303 e. The van der Waals surface area contributed by atoms with Crippen LogP contribution in [-0.4, -0.2) is 22.4 Å². The summed E-state index contributed by atoms with van der Waals surface area (Å²) in [6.45, 7) is 0.264. The third kappa shape index (κ3) is 2.12. The molecule has 2 aromatic rings. The quantitative estimate of drug-likeness (QED) is 0.917. The molecule has 0 unspecified atom stereocenters. The highest BCUT2D eigenvalue weighted by molar-refractivity contribution is 5.87. The van der Waals surface area contributed by atoms with Gasteiger partial charge < -0.3 is 19.1 Å². The number of aromatic nitrogens is 1. The molecule has 5 nitrogen and oxygen atoms in total. The third-order valence-electron chi connectivity index (χ3n) is 3.40. The van der Waals surface area contributed by atoms with Crippen molar-refractivity contribution in [3.63, 3.8) is 0 Å². The van der Waals surface area contributed by atoms with Crippen LogP contribution in [0.25, 0.3) is 10.9 Å². The van der Waals surface area contributed by atoms with E-state index in [1.807, 2.05) is 29.9 Å². The van der Waals surface area contributed by atoms with Crippen molar-refractivity contribution < 1.29 is 19.4 Å². The number of benzene rings is 1. The summed E-state index contributed by atoms with van der Waals surface area (Å²) in [5, 5.41) is 9.80. The summed E-state index contributed by atoms with van der Waals surface area (Å²) in [5.74, 6) is 0.779. The molecule has 0 saturated carbocycles. The highest BCUT2D eigenvalue weighted by Gasteiger charge is 2.17. The Labute approximate surface area is 110 Å². The topological polar surface area (TPSA) is 60.7 Å². The molecule has 5 heteroatoms. The van der Waals surface area contributed by atoms with Crippen LogP contribution in [0.2, 0.25) is 0 Å². The lowest BCUT2D eigenvalue weighted by molar-refractivity contribution is -0.137. The maximum atomic E-state index is 10.6. The van der Waals surface area contributed by atoms with Gasteiger partial charge in [0.15, 0.2) is 11.5 Å². The van der Waals surface area contributed by atoms with Gasteiger partial charge in [0.1, 0.15) is 0 Å². The fraction of sp³-hybridized carbons (Fsp3) is 0.357. The Bertz CT molecular complexity index is 644. The Hall–Kier alpha value is -2.17. The van der Waals surface area contributed by atoms with E-state index in [0.717, 1.165) is 34.4 Å². The standard InChI is InChI=1S/C14H15NO4/c1-15-7-9(3-2-4-14(16)17)10-5-12-13(6-11(10)15)19-8-18-12/h5-7H,2-4,8H2,1H3,(H,16,17). The first-order valence-electron chi connectivity index (χ1n) is 6.24. The normalized spacial score (nSPS) is 13.1. The highest BCUT2D eigenvalue weighted by atomic mass is 16.7. The maximum absolute atomic E-state index is 10.6. The molecule has 3 rings (SSSR count). The van der Waals surface area contributed by atoms with Gasteiger partial charge >= 0.3 is 5.97 Å². The van der Waals surface area contributed by atoms with E-state index in [1.165, 1.54) is 0 Å². The first-order chi connectivity index (χ1) is 9.15. The second-order valence-electron chi connectivity index (χ2n) is 4.74. The number of nitrogens with zero attached hydrogens (tertiary/aromatic N) is 1. The summed E-state index contributed by atoms with van der Waals surface area (Å²) >= 11 is 0. The molecule has 0 bridgehead atoms. The molecule has 0 amide bonds. The number of hydrogen-bond acceptors (Lipinski definition) is 3. The lowest BCUT2D eigenvalue weighted by Crippen LogP contribution is -1.95. The predicted molar refractivity (Wildman–Crippen MR) is 69.6 cm³/mol. The van der Waals surface area contributed by atoms with Crippen molar-refractivity contribution in [2.75, 3.05) is 6.79 Å². The molecular weight excluding hydrogens is 246 g/mol. The van der Waals surface area contributed by atoms with Crippen LogP contribution in [0.4, 0.5) is 0 Å². The summed E-state index contributed by atoms with van der Waals surface area (Å²) in [4.78, 5) is 10.6. The molecule has 0 fully saturated rings. The van der Waals surface area contributed by atoms with Gasteiger partial charge in [-0.25, -0.2) is 0 Å². The molecule has 0 saturated heterocycles. The number of fused-ring (bicyclic) bond motifs is 2. The molecule has 0 radical (unpaired) electrons. The molecule has 0 aliphatic carbocycles. The van der Waals surface area contributed by atoms with Crippen molar-refractivity contribution in [2.45, 2.75) is 19.3 Å². The van der Waals surface area contributed by atoms with Gasteiger partial charge in [0, 0.05) is 31.1 Å². The van der Waals surface area contributed by atoms with Crippen LogP contribution in [0, 0.1) is 0 Å². The van der Waals surface area contributed by atoms with Crippen LogP contribution in [0.1, 0.15) is 18.4 Å². The molecule has 2 heterocycles. The summed E-state index contributed by atoms with van der Waals surface area (Å²) in [6.07, 6.45) is 3.63. The second kappa shape index (κ2) is 4.50. The fourth-order valence-electron chi connectivity index (χ4n) is 2.48. The number of rotatable bonds is 4. The third-order valence-corrected chi connectivity index (χ3v) is 3.40. The minimum atomic E-state index is -0.752. The molecule has 1 N–H and O–H groups in total. The molecule has 1 aliphatic heterocycles. The van der Waals surface area contributed by atoms with Gasteiger partial charge in [-0.2, -0.15) is 0 Å². The summed E-state index contributed by atoms with van der Waals surface area (Å²) in [7, 11) is 1.98. The molecule has 0 atom stereocenters. The van der Waals surface area contributed by atoms with Gasteiger partial charge in [-0.05, 0) is 24.5 Å². The van der Waals surface area contributed by atoms with Crippen LogP contribution in [0.5, 0.6) is 11.5 Å². The Morgan fingerprint density at radius 1 is 1.37 bits per heavy atom. The Kier molecular flexibility index (Phi) is 2.81. The van der Waals surface area contributed by atoms with E-state index in [4.69, 9.17) is 14.6 Å². The Morgan fingerprint density at radius 3 is 2.84 bits per heavy atom. The van der Waals surface area contributed by atoms with Crippen LogP contribution < -0.4 is 9.47 Å². The number of aliphatic carboxylic acids is 1. The number of carboxylic acid groups (broad SMARTS) is 1. The van der Waals surface area contributed by atoms with E-state index in [1.54, 1.807) is 0 Å². The molecular formula is C14H15NO4. The minimum absolute atomic E-state index is 0.195. The second-order valence-corrected chi connectivity index (χ2v) is 4.74.